The lowest BCUT2D eigenvalue weighted by atomic mass is 9.97. The SMILES string of the molecule is Cn1ncc(C2CCCC2)c1CC(=O)O. The smallest absolute Gasteiger partial charge is 0.309 e. The lowest BCUT2D eigenvalue weighted by molar-refractivity contribution is -0.136. The van der Waals surface area contributed by atoms with E-state index in [4.69, 9.17) is 5.11 Å². The Bertz CT molecular complexity index is 365. The zero-order valence-electron chi connectivity index (χ0n) is 8.94. The number of carboxylic acid groups (broad SMARTS) is 1. The summed E-state index contributed by atoms with van der Waals surface area (Å²) in [4.78, 5) is 10.7. The normalized spacial score (nSPS) is 17.1. The maximum atomic E-state index is 10.7. The zero-order chi connectivity index (χ0) is 10.8. The molecule has 0 amide bonds. The van der Waals surface area contributed by atoms with Crippen molar-refractivity contribution in [1.29, 1.82) is 0 Å². The summed E-state index contributed by atoms with van der Waals surface area (Å²) in [6, 6.07) is 0. The van der Waals surface area contributed by atoms with E-state index in [2.05, 4.69) is 5.10 Å². The summed E-state index contributed by atoms with van der Waals surface area (Å²) in [5.41, 5.74) is 2.02. The second-order valence-electron chi connectivity index (χ2n) is 4.22. The van der Waals surface area contributed by atoms with E-state index in [1.54, 1.807) is 4.68 Å². The summed E-state index contributed by atoms with van der Waals surface area (Å²) >= 11 is 0. The molecule has 0 radical (unpaired) electrons. The second kappa shape index (κ2) is 4.04. The quantitative estimate of drug-likeness (QED) is 0.822. The van der Waals surface area contributed by atoms with Crippen LogP contribution in [0.1, 0.15) is 42.9 Å². The molecule has 0 aliphatic heterocycles. The van der Waals surface area contributed by atoms with Crippen LogP contribution in [-0.4, -0.2) is 20.9 Å². The van der Waals surface area contributed by atoms with E-state index in [9.17, 15) is 4.79 Å². The maximum absolute atomic E-state index is 10.7. The van der Waals surface area contributed by atoms with Crippen molar-refractivity contribution in [2.75, 3.05) is 0 Å². The third-order valence-electron chi connectivity index (χ3n) is 3.21. The first-order chi connectivity index (χ1) is 7.18. The maximum Gasteiger partial charge on any atom is 0.309 e. The van der Waals surface area contributed by atoms with Crippen molar-refractivity contribution >= 4 is 5.97 Å². The molecule has 1 aromatic heterocycles. The lowest BCUT2D eigenvalue weighted by Crippen LogP contribution is -2.09. The Kier molecular flexibility index (Phi) is 2.75. The van der Waals surface area contributed by atoms with Gasteiger partial charge in [-0.25, -0.2) is 0 Å². The average molecular weight is 208 g/mol. The van der Waals surface area contributed by atoms with E-state index in [0.29, 0.717) is 5.92 Å². The number of rotatable bonds is 3. The molecule has 0 saturated heterocycles. The Morgan fingerprint density at radius 3 is 2.87 bits per heavy atom. The van der Waals surface area contributed by atoms with Crippen molar-refractivity contribution < 1.29 is 9.90 Å². The highest BCUT2D eigenvalue weighted by Gasteiger charge is 2.23. The van der Waals surface area contributed by atoms with Crippen LogP contribution in [0.3, 0.4) is 0 Å². The first kappa shape index (κ1) is 10.2. The standard InChI is InChI=1S/C11H16N2O2/c1-13-10(6-11(14)15)9(7-12-13)8-4-2-3-5-8/h7-8H,2-6H2,1H3,(H,14,15). The minimum absolute atomic E-state index is 0.0856. The molecule has 4 nitrogen and oxygen atoms in total. The van der Waals surface area contributed by atoms with Crippen LogP contribution in [0.15, 0.2) is 6.20 Å². The Labute approximate surface area is 88.9 Å². The molecular formula is C11H16N2O2. The molecule has 0 atom stereocenters. The summed E-state index contributed by atoms with van der Waals surface area (Å²) in [5, 5.41) is 13.0. The summed E-state index contributed by atoms with van der Waals surface area (Å²) in [7, 11) is 1.82. The molecule has 1 fully saturated rings. The summed E-state index contributed by atoms with van der Waals surface area (Å²) in [6.45, 7) is 0. The van der Waals surface area contributed by atoms with E-state index in [-0.39, 0.29) is 6.42 Å². The molecule has 1 aromatic rings. The van der Waals surface area contributed by atoms with Crippen molar-refractivity contribution in [3.05, 3.63) is 17.5 Å². The van der Waals surface area contributed by atoms with Crippen molar-refractivity contribution in [2.24, 2.45) is 7.05 Å². The molecule has 82 valence electrons. The fourth-order valence-corrected chi connectivity index (χ4v) is 2.42. The highest BCUT2D eigenvalue weighted by atomic mass is 16.4. The van der Waals surface area contributed by atoms with Crippen LogP contribution in [0.5, 0.6) is 0 Å². The largest absolute Gasteiger partial charge is 0.481 e. The van der Waals surface area contributed by atoms with Gasteiger partial charge in [0.25, 0.3) is 0 Å². The minimum Gasteiger partial charge on any atom is -0.481 e. The number of aromatic nitrogens is 2. The van der Waals surface area contributed by atoms with E-state index in [0.717, 1.165) is 11.3 Å². The average Bonchev–Trinajstić information content (AvgIpc) is 2.76. The van der Waals surface area contributed by atoms with Crippen molar-refractivity contribution in [3.63, 3.8) is 0 Å². The lowest BCUT2D eigenvalue weighted by Gasteiger charge is -2.09. The molecule has 2 rings (SSSR count). The van der Waals surface area contributed by atoms with Gasteiger partial charge in [-0.05, 0) is 24.3 Å². The van der Waals surface area contributed by atoms with Crippen LogP contribution in [0.25, 0.3) is 0 Å². The molecule has 4 heteroatoms. The molecule has 1 heterocycles. The van der Waals surface area contributed by atoms with Crippen LogP contribution in [0, 0.1) is 0 Å². The Morgan fingerprint density at radius 2 is 2.27 bits per heavy atom. The number of carboxylic acids is 1. The van der Waals surface area contributed by atoms with Gasteiger partial charge >= 0.3 is 5.97 Å². The number of aryl methyl sites for hydroxylation is 1. The summed E-state index contributed by atoms with van der Waals surface area (Å²) < 4.78 is 1.70. The van der Waals surface area contributed by atoms with Crippen LogP contribution in [-0.2, 0) is 18.3 Å². The summed E-state index contributed by atoms with van der Waals surface area (Å²) in [6.07, 6.45) is 6.80. The fraction of sp³-hybridized carbons (Fsp3) is 0.636. The van der Waals surface area contributed by atoms with E-state index in [1.165, 1.54) is 25.7 Å². The number of aliphatic carboxylic acids is 1. The van der Waals surface area contributed by atoms with Gasteiger partial charge in [-0.3, -0.25) is 9.48 Å². The van der Waals surface area contributed by atoms with Gasteiger partial charge in [0.2, 0.25) is 0 Å². The molecule has 15 heavy (non-hydrogen) atoms. The first-order valence-electron chi connectivity index (χ1n) is 5.41. The van der Waals surface area contributed by atoms with Gasteiger partial charge in [-0.1, -0.05) is 12.8 Å². The summed E-state index contributed by atoms with van der Waals surface area (Å²) in [5.74, 6) is -0.245. The van der Waals surface area contributed by atoms with Gasteiger partial charge < -0.3 is 5.11 Å². The molecule has 1 saturated carbocycles. The first-order valence-corrected chi connectivity index (χ1v) is 5.41. The van der Waals surface area contributed by atoms with Crippen LogP contribution < -0.4 is 0 Å². The predicted octanol–water partition coefficient (Wildman–Crippen LogP) is 1.70. The molecular weight excluding hydrogens is 192 g/mol. The topological polar surface area (TPSA) is 55.1 Å². The van der Waals surface area contributed by atoms with Crippen molar-refractivity contribution in [3.8, 4) is 0 Å². The van der Waals surface area contributed by atoms with Crippen LogP contribution >= 0.6 is 0 Å². The van der Waals surface area contributed by atoms with Crippen molar-refractivity contribution in [2.45, 2.75) is 38.0 Å². The van der Waals surface area contributed by atoms with E-state index >= 15 is 0 Å². The second-order valence-corrected chi connectivity index (χ2v) is 4.22. The third kappa shape index (κ3) is 2.03. The molecule has 0 unspecified atom stereocenters. The molecule has 1 aliphatic rings. The predicted molar refractivity (Wildman–Crippen MR) is 55.8 cm³/mol. The molecule has 0 bridgehead atoms. The minimum atomic E-state index is -0.780. The van der Waals surface area contributed by atoms with Crippen LogP contribution in [0.2, 0.25) is 0 Å². The molecule has 1 N–H and O–H groups in total. The number of hydrogen-bond acceptors (Lipinski definition) is 2. The van der Waals surface area contributed by atoms with Gasteiger partial charge in [-0.2, -0.15) is 5.10 Å². The number of carbonyl (C=O) groups is 1. The van der Waals surface area contributed by atoms with E-state index in [1.807, 2.05) is 13.2 Å². The monoisotopic (exact) mass is 208 g/mol. The van der Waals surface area contributed by atoms with Gasteiger partial charge in [0.15, 0.2) is 0 Å². The Morgan fingerprint density at radius 1 is 1.60 bits per heavy atom. The fourth-order valence-electron chi connectivity index (χ4n) is 2.42. The van der Waals surface area contributed by atoms with Gasteiger partial charge in [0, 0.05) is 7.05 Å². The molecule has 0 aromatic carbocycles. The Balaban J connectivity index is 2.25. The van der Waals surface area contributed by atoms with Crippen molar-refractivity contribution in [1.82, 2.24) is 9.78 Å². The van der Waals surface area contributed by atoms with Crippen LogP contribution in [0.4, 0.5) is 0 Å². The Hall–Kier alpha value is -1.32. The number of hydrogen-bond donors (Lipinski definition) is 1. The molecule has 0 spiro atoms. The van der Waals surface area contributed by atoms with Gasteiger partial charge in [0.1, 0.15) is 0 Å². The third-order valence-corrected chi connectivity index (χ3v) is 3.21. The van der Waals surface area contributed by atoms with E-state index < -0.39 is 5.97 Å². The van der Waals surface area contributed by atoms with Gasteiger partial charge in [0.05, 0.1) is 18.3 Å². The highest BCUT2D eigenvalue weighted by Crippen LogP contribution is 2.35. The zero-order valence-corrected chi connectivity index (χ0v) is 8.94. The molecule has 1 aliphatic carbocycles. The highest BCUT2D eigenvalue weighted by molar-refractivity contribution is 5.70. The number of nitrogens with zero attached hydrogens (tertiary/aromatic N) is 2. The van der Waals surface area contributed by atoms with Gasteiger partial charge in [-0.15, -0.1) is 0 Å².